The number of carbonyl (C=O) groups is 1. The minimum absolute atomic E-state index is 0.236. The van der Waals surface area contributed by atoms with Crippen LogP contribution in [0.15, 0.2) is 40.8 Å². The second-order valence-corrected chi connectivity index (χ2v) is 7.04. The maximum atomic E-state index is 11.8. The molecule has 4 nitrogen and oxygen atoms in total. The zero-order valence-corrected chi connectivity index (χ0v) is 14.1. The molecule has 126 valence electrons. The number of nitrogens with zero attached hydrogens (tertiary/aromatic N) is 1. The Morgan fingerprint density at radius 3 is 2.62 bits per heavy atom. The minimum Gasteiger partial charge on any atom is -0.464 e. The first kappa shape index (κ1) is 15.5. The van der Waals surface area contributed by atoms with E-state index in [4.69, 9.17) is 4.42 Å². The number of benzene rings is 1. The van der Waals surface area contributed by atoms with Crippen molar-refractivity contribution in [2.75, 3.05) is 11.4 Å². The number of hydrogen-bond acceptors (Lipinski definition) is 3. The van der Waals surface area contributed by atoms with Crippen molar-refractivity contribution in [1.29, 1.82) is 0 Å². The zero-order valence-electron chi connectivity index (χ0n) is 14.1. The molecule has 1 saturated carbocycles. The van der Waals surface area contributed by atoms with E-state index in [0.717, 1.165) is 49.2 Å². The highest BCUT2D eigenvalue weighted by molar-refractivity contribution is 5.95. The van der Waals surface area contributed by atoms with Crippen molar-refractivity contribution in [3.8, 4) is 0 Å². The predicted molar refractivity (Wildman–Crippen MR) is 93.8 cm³/mol. The van der Waals surface area contributed by atoms with Gasteiger partial charge in [-0.05, 0) is 48.6 Å². The number of carbonyl (C=O) groups excluding carboxylic acids is 1. The third kappa shape index (κ3) is 3.24. The molecule has 1 amide bonds. The highest BCUT2D eigenvalue weighted by Crippen LogP contribution is 2.47. The van der Waals surface area contributed by atoms with Crippen LogP contribution in [0.5, 0.6) is 0 Å². The lowest BCUT2D eigenvalue weighted by molar-refractivity contribution is -0.117. The van der Waals surface area contributed by atoms with Gasteiger partial charge in [-0.15, -0.1) is 0 Å². The first-order valence-electron chi connectivity index (χ1n) is 8.89. The number of rotatable bonds is 6. The summed E-state index contributed by atoms with van der Waals surface area (Å²) in [5, 5.41) is 3.43. The normalized spacial score (nSPS) is 23.0. The SMILES string of the molecule is CC1CC1c1ccc(CNCc2ccc(N3CCCC3=O)cc2)o1. The van der Waals surface area contributed by atoms with E-state index in [1.807, 2.05) is 17.0 Å². The van der Waals surface area contributed by atoms with Gasteiger partial charge in [-0.25, -0.2) is 0 Å². The Morgan fingerprint density at radius 1 is 1.17 bits per heavy atom. The van der Waals surface area contributed by atoms with Gasteiger partial charge in [-0.3, -0.25) is 4.79 Å². The molecule has 1 aromatic heterocycles. The van der Waals surface area contributed by atoms with Crippen molar-refractivity contribution in [1.82, 2.24) is 5.32 Å². The molecular weight excluding hydrogens is 300 g/mol. The zero-order chi connectivity index (χ0) is 16.5. The van der Waals surface area contributed by atoms with Crippen molar-refractivity contribution in [3.63, 3.8) is 0 Å². The first-order chi connectivity index (χ1) is 11.7. The second-order valence-electron chi connectivity index (χ2n) is 7.04. The Bertz CT molecular complexity index is 719. The van der Waals surface area contributed by atoms with Crippen LogP contribution in [-0.2, 0) is 17.9 Å². The van der Waals surface area contributed by atoms with Crippen LogP contribution < -0.4 is 10.2 Å². The summed E-state index contributed by atoms with van der Waals surface area (Å²) in [5.74, 6) is 3.79. The van der Waals surface area contributed by atoms with Crippen LogP contribution in [0, 0.1) is 5.92 Å². The topological polar surface area (TPSA) is 45.5 Å². The average molecular weight is 324 g/mol. The van der Waals surface area contributed by atoms with E-state index in [-0.39, 0.29) is 5.91 Å². The molecule has 2 fully saturated rings. The Balaban J connectivity index is 1.28. The molecule has 2 aromatic rings. The highest BCUT2D eigenvalue weighted by atomic mass is 16.3. The van der Waals surface area contributed by atoms with Gasteiger partial charge in [0.1, 0.15) is 11.5 Å². The van der Waals surface area contributed by atoms with E-state index in [9.17, 15) is 4.79 Å². The quantitative estimate of drug-likeness (QED) is 0.878. The van der Waals surface area contributed by atoms with Gasteiger partial charge in [0.25, 0.3) is 0 Å². The number of nitrogens with one attached hydrogen (secondary N) is 1. The smallest absolute Gasteiger partial charge is 0.227 e. The average Bonchev–Trinajstić information content (AvgIpc) is 2.99. The van der Waals surface area contributed by atoms with Gasteiger partial charge in [-0.1, -0.05) is 19.1 Å². The molecule has 0 spiro atoms. The van der Waals surface area contributed by atoms with Crippen molar-refractivity contribution >= 4 is 11.6 Å². The fourth-order valence-corrected chi connectivity index (χ4v) is 3.45. The van der Waals surface area contributed by atoms with Crippen LogP contribution in [0.4, 0.5) is 5.69 Å². The summed E-state index contributed by atoms with van der Waals surface area (Å²) < 4.78 is 5.91. The summed E-state index contributed by atoms with van der Waals surface area (Å²) in [7, 11) is 0. The molecule has 1 aromatic carbocycles. The van der Waals surface area contributed by atoms with E-state index in [1.54, 1.807) is 0 Å². The third-order valence-electron chi connectivity index (χ3n) is 5.11. The fourth-order valence-electron chi connectivity index (χ4n) is 3.45. The lowest BCUT2D eigenvalue weighted by atomic mass is 10.2. The van der Waals surface area contributed by atoms with Gasteiger partial charge < -0.3 is 14.6 Å². The predicted octanol–water partition coefficient (Wildman–Crippen LogP) is 3.82. The monoisotopic (exact) mass is 324 g/mol. The van der Waals surface area contributed by atoms with Crippen LogP contribution in [0.2, 0.25) is 0 Å². The molecule has 24 heavy (non-hydrogen) atoms. The lowest BCUT2D eigenvalue weighted by Crippen LogP contribution is -2.23. The second kappa shape index (κ2) is 6.44. The van der Waals surface area contributed by atoms with E-state index < -0.39 is 0 Å². The summed E-state index contributed by atoms with van der Waals surface area (Å²) in [5.41, 5.74) is 2.23. The van der Waals surface area contributed by atoms with E-state index in [0.29, 0.717) is 12.3 Å². The van der Waals surface area contributed by atoms with Gasteiger partial charge in [-0.2, -0.15) is 0 Å². The van der Waals surface area contributed by atoms with E-state index >= 15 is 0 Å². The van der Waals surface area contributed by atoms with Crippen molar-refractivity contribution in [2.24, 2.45) is 5.92 Å². The van der Waals surface area contributed by atoms with Crippen LogP contribution in [0.3, 0.4) is 0 Å². The Labute approximate surface area is 142 Å². The molecule has 4 heteroatoms. The molecule has 2 atom stereocenters. The standard InChI is InChI=1S/C20H24N2O2/c1-14-11-18(14)19-9-8-17(24-19)13-21-12-15-4-6-16(7-5-15)22-10-2-3-20(22)23/h4-9,14,18,21H,2-3,10-13H2,1H3. The molecule has 4 rings (SSSR count). The fraction of sp³-hybridized carbons (Fsp3) is 0.450. The molecule has 1 N–H and O–H groups in total. The largest absolute Gasteiger partial charge is 0.464 e. The molecular formula is C20H24N2O2. The van der Waals surface area contributed by atoms with Crippen molar-refractivity contribution in [2.45, 2.75) is 45.2 Å². The Morgan fingerprint density at radius 2 is 1.96 bits per heavy atom. The molecule has 1 aliphatic heterocycles. The molecule has 2 unspecified atom stereocenters. The first-order valence-corrected chi connectivity index (χ1v) is 8.89. The number of furan rings is 1. The number of anilines is 1. The van der Waals surface area contributed by atoms with Gasteiger partial charge in [0, 0.05) is 31.1 Å². The Hall–Kier alpha value is -2.07. The van der Waals surface area contributed by atoms with E-state index in [2.05, 4.69) is 36.5 Å². The summed E-state index contributed by atoms with van der Waals surface area (Å²) >= 11 is 0. The molecule has 2 heterocycles. The summed E-state index contributed by atoms with van der Waals surface area (Å²) in [6, 6.07) is 12.5. The molecule has 1 saturated heterocycles. The van der Waals surface area contributed by atoms with Gasteiger partial charge in [0.15, 0.2) is 0 Å². The van der Waals surface area contributed by atoms with Crippen molar-refractivity contribution in [3.05, 3.63) is 53.5 Å². The summed E-state index contributed by atoms with van der Waals surface area (Å²) in [4.78, 5) is 13.6. The number of hydrogen-bond donors (Lipinski definition) is 1. The maximum Gasteiger partial charge on any atom is 0.227 e. The molecule has 0 bridgehead atoms. The van der Waals surface area contributed by atoms with Gasteiger partial charge >= 0.3 is 0 Å². The summed E-state index contributed by atoms with van der Waals surface area (Å²) in [6.45, 7) is 4.65. The Kier molecular flexibility index (Phi) is 4.15. The molecule has 0 radical (unpaired) electrons. The maximum absolute atomic E-state index is 11.8. The van der Waals surface area contributed by atoms with Crippen LogP contribution >= 0.6 is 0 Å². The van der Waals surface area contributed by atoms with Crippen LogP contribution in [0.1, 0.15) is 49.2 Å². The van der Waals surface area contributed by atoms with Gasteiger partial charge in [0.05, 0.1) is 6.54 Å². The minimum atomic E-state index is 0.236. The molecule has 2 aliphatic rings. The number of amides is 1. The lowest BCUT2D eigenvalue weighted by Gasteiger charge is -2.16. The third-order valence-corrected chi connectivity index (χ3v) is 5.11. The molecule has 1 aliphatic carbocycles. The van der Waals surface area contributed by atoms with Crippen LogP contribution in [-0.4, -0.2) is 12.5 Å². The highest BCUT2D eigenvalue weighted by Gasteiger charge is 2.36. The summed E-state index contributed by atoms with van der Waals surface area (Å²) in [6.07, 6.45) is 2.90. The van der Waals surface area contributed by atoms with Crippen LogP contribution in [0.25, 0.3) is 0 Å². The van der Waals surface area contributed by atoms with Gasteiger partial charge in [0.2, 0.25) is 5.91 Å². The van der Waals surface area contributed by atoms with E-state index in [1.165, 1.54) is 12.0 Å². The van der Waals surface area contributed by atoms with Crippen molar-refractivity contribution < 1.29 is 9.21 Å².